The number of aliphatic hydroxyl groups is 1. The fraction of sp³-hybridized carbons (Fsp3) is 0.667. The van der Waals surface area contributed by atoms with Crippen molar-refractivity contribution in [2.75, 3.05) is 27.3 Å². The quantitative estimate of drug-likeness (QED) is 0.729. The zero-order valence-electron chi connectivity index (χ0n) is 16.9. The Morgan fingerprint density at radius 1 is 1.22 bits per heavy atom. The molecule has 1 atom stereocenters. The number of hydrogen-bond donors (Lipinski definition) is 2. The maximum atomic E-state index is 13.1. The second-order valence-electron chi connectivity index (χ2n) is 8.18. The first-order valence-electron chi connectivity index (χ1n) is 9.82. The molecule has 1 aromatic carbocycles. The number of carbonyl (C=O) groups is 1. The molecule has 2 fully saturated rings. The molecule has 2 aliphatic rings. The third-order valence-corrected chi connectivity index (χ3v) is 6.18. The smallest absolute Gasteiger partial charge is 0.256 e. The van der Waals surface area contributed by atoms with Gasteiger partial charge in [0.2, 0.25) is 0 Å². The molecule has 3 rings (SSSR count). The molecule has 1 aliphatic carbocycles. The van der Waals surface area contributed by atoms with Crippen molar-refractivity contribution in [2.45, 2.75) is 57.2 Å². The molecule has 0 radical (unpaired) electrons. The van der Waals surface area contributed by atoms with Crippen molar-refractivity contribution < 1.29 is 19.4 Å². The fourth-order valence-corrected chi connectivity index (χ4v) is 4.08. The van der Waals surface area contributed by atoms with Crippen molar-refractivity contribution in [3.05, 3.63) is 23.8 Å². The van der Waals surface area contributed by atoms with E-state index in [1.165, 1.54) is 0 Å². The Kier molecular flexibility index (Phi) is 5.68. The van der Waals surface area contributed by atoms with Crippen LogP contribution in [-0.2, 0) is 11.3 Å². The summed E-state index contributed by atoms with van der Waals surface area (Å²) >= 11 is 0. The van der Waals surface area contributed by atoms with E-state index in [0.29, 0.717) is 43.5 Å². The van der Waals surface area contributed by atoms with Gasteiger partial charge in [0.05, 0.1) is 14.2 Å². The lowest BCUT2D eigenvalue weighted by molar-refractivity contribution is -0.157. The zero-order chi connectivity index (χ0) is 19.7. The first-order valence-corrected chi connectivity index (χ1v) is 9.82. The summed E-state index contributed by atoms with van der Waals surface area (Å²) in [6.45, 7) is 5.73. The number of carbonyl (C=O) groups excluding carboxylic acids is 1. The van der Waals surface area contributed by atoms with Crippen LogP contribution in [0.25, 0.3) is 0 Å². The number of rotatable bonds is 8. The van der Waals surface area contributed by atoms with Gasteiger partial charge in [-0.05, 0) is 37.7 Å². The van der Waals surface area contributed by atoms with Crippen LogP contribution in [0.4, 0.5) is 0 Å². The number of likely N-dealkylation sites (tertiary alicyclic amines) is 1. The van der Waals surface area contributed by atoms with Crippen LogP contribution in [0.1, 0.15) is 45.1 Å². The Hall–Kier alpha value is -1.79. The van der Waals surface area contributed by atoms with E-state index in [2.05, 4.69) is 19.2 Å². The van der Waals surface area contributed by atoms with Crippen LogP contribution in [0.3, 0.4) is 0 Å². The molecule has 2 N–H and O–H groups in total. The number of β-amino-alcohol motifs (C(OH)–C–C–N with tert-alkyl or cyclic N) is 1. The fourth-order valence-electron chi connectivity index (χ4n) is 4.08. The predicted molar refractivity (Wildman–Crippen MR) is 104 cm³/mol. The van der Waals surface area contributed by atoms with Gasteiger partial charge in [-0.25, -0.2) is 0 Å². The van der Waals surface area contributed by atoms with Gasteiger partial charge in [-0.1, -0.05) is 26.0 Å². The second-order valence-corrected chi connectivity index (χ2v) is 8.18. The van der Waals surface area contributed by atoms with Crippen LogP contribution in [0.5, 0.6) is 11.5 Å². The lowest BCUT2D eigenvalue weighted by Crippen LogP contribution is -2.59. The number of hydrogen-bond acceptors (Lipinski definition) is 5. The molecule has 1 aromatic rings. The van der Waals surface area contributed by atoms with Crippen LogP contribution < -0.4 is 14.8 Å². The van der Waals surface area contributed by atoms with Crippen molar-refractivity contribution in [1.82, 2.24) is 10.2 Å². The molecule has 1 amide bonds. The SMILES string of the molecule is COc1cccc(CN2CCC[C@](O)(CNC3(C(C)C)CC3)C2=O)c1OC. The van der Waals surface area contributed by atoms with E-state index in [1.54, 1.807) is 19.1 Å². The first kappa shape index (κ1) is 20.0. The minimum atomic E-state index is -1.34. The zero-order valence-corrected chi connectivity index (χ0v) is 16.9. The minimum Gasteiger partial charge on any atom is -0.493 e. The standard InChI is InChI=1S/C21H32N2O4/c1-15(2)20(10-11-20)22-14-21(25)9-6-12-23(19(21)24)13-16-7-5-8-17(26-3)18(16)27-4/h5,7-8,15,22,25H,6,9-14H2,1-4H3/t21-/m0/s1. The molecule has 0 aromatic heterocycles. The highest BCUT2D eigenvalue weighted by atomic mass is 16.5. The summed E-state index contributed by atoms with van der Waals surface area (Å²) in [5.41, 5.74) is -0.369. The Balaban J connectivity index is 1.72. The summed E-state index contributed by atoms with van der Waals surface area (Å²) in [4.78, 5) is 14.8. The van der Waals surface area contributed by atoms with E-state index < -0.39 is 5.60 Å². The molecule has 6 nitrogen and oxygen atoms in total. The first-order chi connectivity index (χ1) is 12.8. The normalized spacial score (nSPS) is 24.2. The summed E-state index contributed by atoms with van der Waals surface area (Å²) < 4.78 is 10.8. The van der Waals surface area contributed by atoms with Gasteiger partial charge < -0.3 is 24.8 Å². The van der Waals surface area contributed by atoms with E-state index in [1.807, 2.05) is 18.2 Å². The number of nitrogens with one attached hydrogen (secondary N) is 1. The van der Waals surface area contributed by atoms with Crippen molar-refractivity contribution in [3.63, 3.8) is 0 Å². The molecule has 0 unspecified atom stereocenters. The van der Waals surface area contributed by atoms with Gasteiger partial charge in [0, 0.05) is 30.7 Å². The third-order valence-electron chi connectivity index (χ3n) is 6.18. The molecule has 1 aliphatic heterocycles. The van der Waals surface area contributed by atoms with Crippen molar-refractivity contribution >= 4 is 5.91 Å². The van der Waals surface area contributed by atoms with Gasteiger partial charge in [-0.3, -0.25) is 4.79 Å². The number of ether oxygens (including phenoxy) is 2. The summed E-state index contributed by atoms with van der Waals surface area (Å²) in [6, 6.07) is 5.65. The Labute approximate surface area is 161 Å². The molecular formula is C21H32N2O4. The van der Waals surface area contributed by atoms with E-state index in [4.69, 9.17) is 9.47 Å². The minimum absolute atomic E-state index is 0.0916. The van der Waals surface area contributed by atoms with Crippen LogP contribution in [0.2, 0.25) is 0 Å². The molecule has 27 heavy (non-hydrogen) atoms. The number of nitrogens with zero attached hydrogens (tertiary/aromatic N) is 1. The highest BCUT2D eigenvalue weighted by Gasteiger charge is 2.49. The van der Waals surface area contributed by atoms with Crippen molar-refractivity contribution in [1.29, 1.82) is 0 Å². The van der Waals surface area contributed by atoms with Crippen LogP contribution >= 0.6 is 0 Å². The van der Waals surface area contributed by atoms with Gasteiger partial charge in [-0.15, -0.1) is 0 Å². The number of para-hydroxylation sites is 1. The predicted octanol–water partition coefficient (Wildman–Crippen LogP) is 2.34. The van der Waals surface area contributed by atoms with Gasteiger partial charge in [0.1, 0.15) is 0 Å². The maximum Gasteiger partial charge on any atom is 0.256 e. The third kappa shape index (κ3) is 3.92. The Morgan fingerprint density at radius 3 is 2.56 bits per heavy atom. The van der Waals surface area contributed by atoms with Gasteiger partial charge in [0.25, 0.3) is 5.91 Å². The molecule has 6 heteroatoms. The molecule has 1 heterocycles. The topological polar surface area (TPSA) is 71.0 Å². The Bertz CT molecular complexity index is 687. The Morgan fingerprint density at radius 2 is 1.96 bits per heavy atom. The second kappa shape index (κ2) is 7.68. The van der Waals surface area contributed by atoms with Gasteiger partial charge in [-0.2, -0.15) is 0 Å². The number of piperidine rings is 1. The number of benzene rings is 1. The average Bonchev–Trinajstić information content (AvgIpc) is 3.45. The van der Waals surface area contributed by atoms with Crippen molar-refractivity contribution in [3.8, 4) is 11.5 Å². The molecule has 1 saturated carbocycles. The number of amides is 1. The average molecular weight is 376 g/mol. The van der Waals surface area contributed by atoms with Crippen LogP contribution in [-0.4, -0.2) is 54.4 Å². The summed E-state index contributed by atoms with van der Waals surface area (Å²) in [5.74, 6) is 1.57. The molecule has 0 spiro atoms. The molecule has 0 bridgehead atoms. The summed E-state index contributed by atoms with van der Waals surface area (Å²) in [7, 11) is 3.20. The van der Waals surface area contributed by atoms with E-state index in [9.17, 15) is 9.90 Å². The lowest BCUT2D eigenvalue weighted by Gasteiger charge is -2.39. The van der Waals surface area contributed by atoms with E-state index >= 15 is 0 Å². The highest BCUT2D eigenvalue weighted by Crippen LogP contribution is 2.42. The van der Waals surface area contributed by atoms with E-state index in [0.717, 1.165) is 24.8 Å². The largest absolute Gasteiger partial charge is 0.493 e. The highest BCUT2D eigenvalue weighted by molar-refractivity contribution is 5.86. The van der Waals surface area contributed by atoms with Crippen LogP contribution in [0, 0.1) is 5.92 Å². The lowest BCUT2D eigenvalue weighted by atomic mass is 9.90. The molecule has 150 valence electrons. The summed E-state index contributed by atoms with van der Waals surface area (Å²) in [6.07, 6.45) is 3.50. The monoisotopic (exact) mass is 376 g/mol. The number of methoxy groups -OCH3 is 2. The van der Waals surface area contributed by atoms with E-state index in [-0.39, 0.29) is 11.4 Å². The molecule has 1 saturated heterocycles. The summed E-state index contributed by atoms with van der Waals surface area (Å²) in [5, 5.41) is 14.6. The maximum absolute atomic E-state index is 13.1. The van der Waals surface area contributed by atoms with Gasteiger partial charge >= 0.3 is 0 Å². The van der Waals surface area contributed by atoms with Crippen molar-refractivity contribution in [2.24, 2.45) is 5.92 Å². The molecular weight excluding hydrogens is 344 g/mol. The van der Waals surface area contributed by atoms with Crippen LogP contribution in [0.15, 0.2) is 18.2 Å². The van der Waals surface area contributed by atoms with Gasteiger partial charge in [0.15, 0.2) is 17.1 Å².